The first-order chi connectivity index (χ1) is 11.1. The van der Waals surface area contributed by atoms with Gasteiger partial charge in [-0.05, 0) is 12.5 Å². The number of benzene rings is 2. The lowest BCUT2D eigenvalue weighted by molar-refractivity contribution is -0.120. The van der Waals surface area contributed by atoms with Gasteiger partial charge in [0.25, 0.3) is 0 Å². The highest BCUT2D eigenvalue weighted by molar-refractivity contribution is 6.01. The predicted molar refractivity (Wildman–Crippen MR) is 91.0 cm³/mol. The van der Waals surface area contributed by atoms with Crippen LogP contribution in [0.4, 0.5) is 5.69 Å². The Morgan fingerprint density at radius 2 is 1.78 bits per heavy atom. The van der Waals surface area contributed by atoms with Crippen LogP contribution in [-0.4, -0.2) is 16.0 Å². The molecule has 0 saturated carbocycles. The average Bonchev–Trinajstić information content (AvgIpc) is 2.55. The van der Waals surface area contributed by atoms with E-state index in [-0.39, 0.29) is 12.3 Å². The van der Waals surface area contributed by atoms with Crippen LogP contribution in [0.2, 0.25) is 0 Å². The molecule has 2 N–H and O–H groups in total. The zero-order chi connectivity index (χ0) is 16.3. The first-order valence-corrected chi connectivity index (χ1v) is 7.47. The molecule has 1 unspecified atom stereocenters. The molecular formula is C19H18N2O2. The molecule has 0 radical (unpaired) electrons. The lowest BCUT2D eigenvalue weighted by Crippen LogP contribution is -2.28. The van der Waals surface area contributed by atoms with Crippen LogP contribution >= 0.6 is 0 Å². The highest BCUT2D eigenvalue weighted by Gasteiger charge is 2.26. The van der Waals surface area contributed by atoms with Crippen LogP contribution in [0.5, 0.6) is 0 Å². The van der Waals surface area contributed by atoms with Gasteiger partial charge in [0.1, 0.15) is 0 Å². The van der Waals surface area contributed by atoms with Gasteiger partial charge in [0, 0.05) is 17.0 Å². The fraction of sp³-hybridized carbons (Fsp3) is 0.158. The Morgan fingerprint density at radius 3 is 2.57 bits per heavy atom. The zero-order valence-electron chi connectivity index (χ0n) is 12.9. The zero-order valence-corrected chi connectivity index (χ0v) is 12.9. The van der Waals surface area contributed by atoms with Crippen LogP contribution in [0.15, 0.2) is 67.0 Å². The highest BCUT2D eigenvalue weighted by Crippen LogP contribution is 2.26. The normalized spacial score (nSPS) is 13.5. The molecule has 0 aliphatic rings. The van der Waals surface area contributed by atoms with Crippen molar-refractivity contribution in [1.29, 1.82) is 0 Å². The van der Waals surface area contributed by atoms with E-state index in [1.807, 2.05) is 54.6 Å². The van der Waals surface area contributed by atoms with Crippen LogP contribution in [0, 0.1) is 0 Å². The molecular weight excluding hydrogens is 288 g/mol. The summed E-state index contributed by atoms with van der Waals surface area (Å²) in [5.74, 6) is -0.253. The molecule has 0 saturated heterocycles. The molecule has 3 aromatic rings. The molecule has 3 rings (SSSR count). The number of aromatic nitrogens is 1. The second kappa shape index (κ2) is 6.18. The second-order valence-corrected chi connectivity index (χ2v) is 5.77. The van der Waals surface area contributed by atoms with Gasteiger partial charge < -0.3 is 10.4 Å². The number of pyridine rings is 1. The van der Waals surface area contributed by atoms with Gasteiger partial charge in [0.05, 0.1) is 23.9 Å². The quantitative estimate of drug-likeness (QED) is 0.776. The summed E-state index contributed by atoms with van der Waals surface area (Å²) in [6.45, 7) is 1.64. The number of hydrogen-bond acceptors (Lipinski definition) is 3. The molecule has 0 fully saturated rings. The first kappa shape index (κ1) is 15.2. The number of anilines is 1. The van der Waals surface area contributed by atoms with Crippen molar-refractivity contribution in [2.75, 3.05) is 5.32 Å². The molecule has 2 aromatic carbocycles. The maximum Gasteiger partial charge on any atom is 0.227 e. The number of aliphatic hydroxyl groups is 1. The van der Waals surface area contributed by atoms with Gasteiger partial charge in [-0.2, -0.15) is 0 Å². The lowest BCUT2D eigenvalue weighted by Gasteiger charge is -2.23. The molecule has 1 aromatic heterocycles. The summed E-state index contributed by atoms with van der Waals surface area (Å²) in [5, 5.41) is 15.3. The predicted octanol–water partition coefficient (Wildman–Crippen LogP) is 3.47. The summed E-state index contributed by atoms with van der Waals surface area (Å²) in [6.07, 6.45) is 3.35. The number of nitrogens with one attached hydrogen (secondary N) is 1. The molecule has 0 aliphatic carbocycles. The Labute approximate surface area is 134 Å². The van der Waals surface area contributed by atoms with Gasteiger partial charge in [0.2, 0.25) is 5.91 Å². The van der Waals surface area contributed by atoms with E-state index in [9.17, 15) is 9.90 Å². The van der Waals surface area contributed by atoms with E-state index in [1.165, 1.54) is 0 Å². The molecule has 4 nitrogen and oxygen atoms in total. The standard InChI is InChI=1S/C19H18N2O2/c1-19(23,15-8-3-2-4-9-15)11-18(22)21-17-13-20-12-14-7-5-6-10-16(14)17/h2-10,12-13,23H,11H2,1H3,(H,21,22). The van der Waals surface area contributed by atoms with E-state index in [0.29, 0.717) is 11.3 Å². The molecule has 1 amide bonds. The van der Waals surface area contributed by atoms with Crippen molar-refractivity contribution in [1.82, 2.24) is 4.98 Å². The van der Waals surface area contributed by atoms with Gasteiger partial charge in [-0.3, -0.25) is 9.78 Å². The van der Waals surface area contributed by atoms with Gasteiger partial charge >= 0.3 is 0 Å². The fourth-order valence-corrected chi connectivity index (χ4v) is 2.62. The van der Waals surface area contributed by atoms with E-state index in [1.54, 1.807) is 19.3 Å². The molecule has 0 aliphatic heterocycles. The minimum absolute atomic E-state index is 0.0275. The third kappa shape index (κ3) is 3.38. The van der Waals surface area contributed by atoms with Crippen LogP contribution in [-0.2, 0) is 10.4 Å². The van der Waals surface area contributed by atoms with E-state index in [4.69, 9.17) is 0 Å². The van der Waals surface area contributed by atoms with E-state index < -0.39 is 5.60 Å². The Balaban J connectivity index is 1.79. The van der Waals surface area contributed by atoms with Crippen molar-refractivity contribution in [3.63, 3.8) is 0 Å². The summed E-state index contributed by atoms with van der Waals surface area (Å²) >= 11 is 0. The van der Waals surface area contributed by atoms with E-state index in [2.05, 4.69) is 10.3 Å². The molecule has 4 heteroatoms. The Bertz CT molecular complexity index is 824. The number of rotatable bonds is 4. The Kier molecular flexibility index (Phi) is 4.08. The molecule has 23 heavy (non-hydrogen) atoms. The van der Waals surface area contributed by atoms with Gasteiger partial charge in [-0.25, -0.2) is 0 Å². The molecule has 0 bridgehead atoms. The van der Waals surface area contributed by atoms with Crippen LogP contribution in [0.25, 0.3) is 10.8 Å². The van der Waals surface area contributed by atoms with Crippen molar-refractivity contribution in [3.05, 3.63) is 72.6 Å². The first-order valence-electron chi connectivity index (χ1n) is 7.47. The third-order valence-corrected chi connectivity index (χ3v) is 3.84. The maximum absolute atomic E-state index is 12.3. The molecule has 116 valence electrons. The fourth-order valence-electron chi connectivity index (χ4n) is 2.62. The topological polar surface area (TPSA) is 62.2 Å². The van der Waals surface area contributed by atoms with Gasteiger partial charge in [0.15, 0.2) is 0 Å². The third-order valence-electron chi connectivity index (χ3n) is 3.84. The minimum atomic E-state index is -1.22. The molecule has 1 atom stereocenters. The van der Waals surface area contributed by atoms with Crippen molar-refractivity contribution >= 4 is 22.4 Å². The van der Waals surface area contributed by atoms with Crippen molar-refractivity contribution in [3.8, 4) is 0 Å². The molecule has 0 spiro atoms. The summed E-state index contributed by atoms with van der Waals surface area (Å²) in [6, 6.07) is 16.9. The number of amides is 1. The van der Waals surface area contributed by atoms with Crippen LogP contribution < -0.4 is 5.32 Å². The smallest absolute Gasteiger partial charge is 0.227 e. The minimum Gasteiger partial charge on any atom is -0.385 e. The lowest BCUT2D eigenvalue weighted by atomic mass is 9.92. The number of fused-ring (bicyclic) bond motifs is 1. The largest absolute Gasteiger partial charge is 0.385 e. The molecule has 1 heterocycles. The van der Waals surface area contributed by atoms with Gasteiger partial charge in [-0.15, -0.1) is 0 Å². The summed E-state index contributed by atoms with van der Waals surface area (Å²) in [4.78, 5) is 16.5. The number of carbonyl (C=O) groups excluding carboxylic acids is 1. The average molecular weight is 306 g/mol. The second-order valence-electron chi connectivity index (χ2n) is 5.77. The van der Waals surface area contributed by atoms with Gasteiger partial charge in [-0.1, -0.05) is 54.6 Å². The summed E-state index contributed by atoms with van der Waals surface area (Å²) in [7, 11) is 0. The SMILES string of the molecule is CC(O)(CC(=O)Nc1cncc2ccccc12)c1ccccc1. The van der Waals surface area contributed by atoms with E-state index in [0.717, 1.165) is 10.8 Å². The monoisotopic (exact) mass is 306 g/mol. The highest BCUT2D eigenvalue weighted by atomic mass is 16.3. The van der Waals surface area contributed by atoms with Crippen molar-refractivity contribution < 1.29 is 9.90 Å². The Morgan fingerprint density at radius 1 is 1.09 bits per heavy atom. The van der Waals surface area contributed by atoms with Crippen molar-refractivity contribution in [2.45, 2.75) is 18.9 Å². The van der Waals surface area contributed by atoms with Crippen molar-refractivity contribution in [2.24, 2.45) is 0 Å². The summed E-state index contributed by atoms with van der Waals surface area (Å²) < 4.78 is 0. The number of carbonyl (C=O) groups is 1. The maximum atomic E-state index is 12.3. The number of nitrogens with zero attached hydrogens (tertiary/aromatic N) is 1. The van der Waals surface area contributed by atoms with Crippen LogP contribution in [0.1, 0.15) is 18.9 Å². The Hall–Kier alpha value is -2.72. The van der Waals surface area contributed by atoms with E-state index >= 15 is 0 Å². The van der Waals surface area contributed by atoms with Crippen LogP contribution in [0.3, 0.4) is 0 Å². The summed E-state index contributed by atoms with van der Waals surface area (Å²) in [5.41, 5.74) is 0.145. The number of hydrogen-bond donors (Lipinski definition) is 2.